The standard InChI is InChI=1S/C20H22F3N5O3/c1-19(2,3)31-18(30)28-7-6-15(28)17(29)25-10-13-8-14(27-11-26-13)12-4-5-16(24-9-12)20(21,22)23/h4-5,8-9,11,15H,6-7,10H2,1-3H3,(H,25,29). The average Bonchev–Trinajstić information content (AvgIpc) is 2.63. The number of nitrogens with one attached hydrogen (secondary N) is 1. The molecular formula is C20H22F3N5O3. The molecule has 31 heavy (non-hydrogen) atoms. The highest BCUT2D eigenvalue weighted by Crippen LogP contribution is 2.28. The van der Waals surface area contributed by atoms with Crippen LogP contribution < -0.4 is 5.32 Å². The summed E-state index contributed by atoms with van der Waals surface area (Å²) in [5, 5.41) is 2.71. The van der Waals surface area contributed by atoms with E-state index in [0.717, 1.165) is 12.3 Å². The number of hydrogen-bond acceptors (Lipinski definition) is 6. The zero-order valence-corrected chi connectivity index (χ0v) is 17.2. The Hall–Kier alpha value is -3.24. The van der Waals surface area contributed by atoms with Crippen molar-refractivity contribution in [2.75, 3.05) is 6.54 Å². The maximum atomic E-state index is 12.7. The van der Waals surface area contributed by atoms with Gasteiger partial charge in [0.2, 0.25) is 5.91 Å². The maximum absolute atomic E-state index is 12.7. The van der Waals surface area contributed by atoms with Crippen LogP contribution in [0.25, 0.3) is 11.3 Å². The van der Waals surface area contributed by atoms with Crippen LogP contribution in [-0.2, 0) is 22.3 Å². The second kappa shape index (κ2) is 8.48. The molecule has 1 unspecified atom stereocenters. The zero-order valence-electron chi connectivity index (χ0n) is 17.2. The van der Waals surface area contributed by atoms with Gasteiger partial charge in [0.1, 0.15) is 23.7 Å². The molecule has 0 aromatic carbocycles. The molecule has 2 aromatic heterocycles. The predicted octanol–water partition coefficient (Wildman–Crippen LogP) is 3.18. The van der Waals surface area contributed by atoms with Crippen molar-refractivity contribution in [2.24, 2.45) is 0 Å². The van der Waals surface area contributed by atoms with Crippen LogP contribution in [0.1, 0.15) is 38.6 Å². The van der Waals surface area contributed by atoms with E-state index in [0.29, 0.717) is 29.9 Å². The van der Waals surface area contributed by atoms with Gasteiger partial charge in [-0.2, -0.15) is 13.2 Å². The third-order valence-electron chi connectivity index (χ3n) is 4.47. The molecule has 3 heterocycles. The van der Waals surface area contributed by atoms with Crippen molar-refractivity contribution in [3.8, 4) is 11.3 Å². The van der Waals surface area contributed by atoms with Crippen molar-refractivity contribution in [3.63, 3.8) is 0 Å². The first-order valence-corrected chi connectivity index (χ1v) is 9.56. The fourth-order valence-corrected chi connectivity index (χ4v) is 2.86. The van der Waals surface area contributed by atoms with Gasteiger partial charge >= 0.3 is 12.3 Å². The van der Waals surface area contributed by atoms with Crippen LogP contribution >= 0.6 is 0 Å². The van der Waals surface area contributed by atoms with Crippen LogP contribution in [0.15, 0.2) is 30.7 Å². The summed E-state index contributed by atoms with van der Waals surface area (Å²) in [7, 11) is 0. The lowest BCUT2D eigenvalue weighted by Gasteiger charge is -2.40. The van der Waals surface area contributed by atoms with E-state index in [4.69, 9.17) is 4.74 Å². The molecule has 1 aliphatic heterocycles. The Bertz CT molecular complexity index is 958. The summed E-state index contributed by atoms with van der Waals surface area (Å²) in [5.41, 5.74) is -0.426. The highest BCUT2D eigenvalue weighted by atomic mass is 19.4. The van der Waals surface area contributed by atoms with Crippen molar-refractivity contribution < 1.29 is 27.5 Å². The first-order chi connectivity index (χ1) is 14.4. The van der Waals surface area contributed by atoms with Gasteiger partial charge < -0.3 is 10.1 Å². The molecule has 1 N–H and O–H groups in total. The Morgan fingerprint density at radius 3 is 2.48 bits per heavy atom. The van der Waals surface area contributed by atoms with Gasteiger partial charge in [0, 0.05) is 18.3 Å². The zero-order chi connectivity index (χ0) is 22.8. The second-order valence-electron chi connectivity index (χ2n) is 8.02. The first kappa shape index (κ1) is 22.4. The highest BCUT2D eigenvalue weighted by Gasteiger charge is 2.39. The monoisotopic (exact) mass is 437 g/mol. The third-order valence-corrected chi connectivity index (χ3v) is 4.47. The van der Waals surface area contributed by atoms with Gasteiger partial charge in [0.25, 0.3) is 0 Å². The van der Waals surface area contributed by atoms with Crippen molar-refractivity contribution >= 4 is 12.0 Å². The van der Waals surface area contributed by atoms with Crippen LogP contribution in [0.4, 0.5) is 18.0 Å². The number of pyridine rings is 1. The number of rotatable bonds is 4. The van der Waals surface area contributed by atoms with Crippen LogP contribution in [-0.4, -0.2) is 50.0 Å². The molecule has 11 heteroatoms. The van der Waals surface area contributed by atoms with E-state index < -0.39 is 29.6 Å². The Labute approximate surface area is 176 Å². The van der Waals surface area contributed by atoms with Crippen molar-refractivity contribution in [1.29, 1.82) is 0 Å². The summed E-state index contributed by atoms with van der Waals surface area (Å²) in [6.45, 7) is 5.75. The number of amides is 2. The summed E-state index contributed by atoms with van der Waals surface area (Å²) in [6, 6.07) is 3.08. The van der Waals surface area contributed by atoms with Gasteiger partial charge in [0.05, 0.1) is 17.9 Å². The smallest absolute Gasteiger partial charge is 0.433 e. The van der Waals surface area contributed by atoms with E-state index in [2.05, 4.69) is 20.3 Å². The molecule has 0 bridgehead atoms. The molecule has 2 amide bonds. The molecule has 8 nitrogen and oxygen atoms in total. The fraction of sp³-hybridized carbons (Fsp3) is 0.450. The number of carbonyl (C=O) groups excluding carboxylic acids is 2. The number of aromatic nitrogens is 3. The first-order valence-electron chi connectivity index (χ1n) is 9.56. The van der Waals surface area contributed by atoms with Gasteiger partial charge in [-0.25, -0.2) is 14.8 Å². The Balaban J connectivity index is 1.60. The minimum Gasteiger partial charge on any atom is -0.444 e. The third kappa shape index (κ3) is 5.68. The van der Waals surface area contributed by atoms with Crippen molar-refractivity contribution in [2.45, 2.75) is 51.6 Å². The van der Waals surface area contributed by atoms with Crippen molar-refractivity contribution in [1.82, 2.24) is 25.2 Å². The quantitative estimate of drug-likeness (QED) is 0.789. The molecule has 2 aromatic rings. The summed E-state index contributed by atoms with van der Waals surface area (Å²) in [5.74, 6) is -0.339. The lowest BCUT2D eigenvalue weighted by Crippen LogP contribution is -2.59. The van der Waals surface area contributed by atoms with E-state index >= 15 is 0 Å². The second-order valence-corrected chi connectivity index (χ2v) is 8.02. The van der Waals surface area contributed by atoms with Crippen LogP contribution in [0.3, 0.4) is 0 Å². The van der Waals surface area contributed by atoms with E-state index in [1.165, 1.54) is 17.3 Å². The van der Waals surface area contributed by atoms with Gasteiger partial charge in [-0.15, -0.1) is 0 Å². The minimum absolute atomic E-state index is 0.0705. The molecule has 0 radical (unpaired) electrons. The number of likely N-dealkylation sites (tertiary alicyclic amines) is 1. The molecule has 1 fully saturated rings. The summed E-state index contributed by atoms with van der Waals surface area (Å²) < 4.78 is 43.3. The lowest BCUT2D eigenvalue weighted by atomic mass is 10.0. The largest absolute Gasteiger partial charge is 0.444 e. The molecule has 1 saturated heterocycles. The van der Waals surface area contributed by atoms with Gasteiger partial charge in [-0.05, 0) is 45.4 Å². The summed E-state index contributed by atoms with van der Waals surface area (Å²) in [6.07, 6.45) is -2.20. The van der Waals surface area contributed by atoms with E-state index in [-0.39, 0.29) is 12.5 Å². The molecule has 1 atom stereocenters. The molecule has 0 saturated carbocycles. The van der Waals surface area contributed by atoms with Crippen LogP contribution in [0, 0.1) is 0 Å². The number of alkyl halides is 3. The molecule has 166 valence electrons. The minimum atomic E-state index is -4.52. The van der Waals surface area contributed by atoms with Crippen LogP contribution in [0.2, 0.25) is 0 Å². The Kier molecular flexibility index (Phi) is 6.14. The molecular weight excluding hydrogens is 415 g/mol. The molecule has 1 aliphatic rings. The number of halogens is 3. The molecule has 3 rings (SSSR count). The molecule has 0 spiro atoms. The normalized spacial score (nSPS) is 16.5. The number of carbonyl (C=O) groups is 2. The van der Waals surface area contributed by atoms with E-state index in [9.17, 15) is 22.8 Å². The fourth-order valence-electron chi connectivity index (χ4n) is 2.86. The van der Waals surface area contributed by atoms with Gasteiger partial charge in [-0.1, -0.05) is 0 Å². The SMILES string of the molecule is CC(C)(C)OC(=O)N1CCC1C(=O)NCc1cc(-c2ccc(C(F)(F)F)nc2)ncn1. The summed E-state index contributed by atoms with van der Waals surface area (Å²) in [4.78, 5) is 37.5. The average molecular weight is 437 g/mol. The van der Waals surface area contributed by atoms with E-state index in [1.807, 2.05) is 0 Å². The van der Waals surface area contributed by atoms with Gasteiger partial charge in [-0.3, -0.25) is 14.7 Å². The lowest BCUT2D eigenvalue weighted by molar-refractivity contribution is -0.141. The highest BCUT2D eigenvalue weighted by molar-refractivity contribution is 5.87. The summed E-state index contributed by atoms with van der Waals surface area (Å²) >= 11 is 0. The Morgan fingerprint density at radius 1 is 1.19 bits per heavy atom. The Morgan fingerprint density at radius 2 is 1.94 bits per heavy atom. The van der Waals surface area contributed by atoms with Gasteiger partial charge in [0.15, 0.2) is 0 Å². The number of ether oxygens (including phenoxy) is 1. The number of nitrogens with zero attached hydrogens (tertiary/aromatic N) is 4. The topological polar surface area (TPSA) is 97.3 Å². The maximum Gasteiger partial charge on any atom is 0.433 e. The predicted molar refractivity (Wildman–Crippen MR) is 103 cm³/mol. The van der Waals surface area contributed by atoms with E-state index in [1.54, 1.807) is 26.8 Å². The molecule has 0 aliphatic carbocycles. The van der Waals surface area contributed by atoms with Crippen LogP contribution in [0.5, 0.6) is 0 Å². The van der Waals surface area contributed by atoms with Crippen molar-refractivity contribution in [3.05, 3.63) is 42.1 Å². The number of hydrogen-bond donors (Lipinski definition) is 1.